The van der Waals surface area contributed by atoms with E-state index in [1.807, 2.05) is 0 Å². The maximum absolute atomic E-state index is 11.3. The van der Waals surface area contributed by atoms with E-state index in [4.69, 9.17) is 14.9 Å². The smallest absolute Gasteiger partial charge is 0.327 e. The summed E-state index contributed by atoms with van der Waals surface area (Å²) in [7, 11) is -3.81. The molecule has 9 heteroatoms. The fourth-order valence-electron chi connectivity index (χ4n) is 2.42. The van der Waals surface area contributed by atoms with E-state index in [0.29, 0.717) is 0 Å². The van der Waals surface area contributed by atoms with Crippen LogP contribution < -0.4 is 5.09 Å². The summed E-state index contributed by atoms with van der Waals surface area (Å²) < 4.78 is 16.4. The third-order valence-corrected chi connectivity index (χ3v) is 3.91. The van der Waals surface area contributed by atoms with Gasteiger partial charge in [-0.15, -0.1) is 0 Å². The lowest BCUT2D eigenvalue weighted by molar-refractivity contribution is -0.147. The molecule has 1 saturated carbocycles. The van der Waals surface area contributed by atoms with Crippen molar-refractivity contribution in [3.63, 3.8) is 0 Å². The van der Waals surface area contributed by atoms with Gasteiger partial charge in [-0.3, -0.25) is 14.2 Å². The first-order valence-corrected chi connectivity index (χ1v) is 6.97. The van der Waals surface area contributed by atoms with Crippen molar-refractivity contribution < 1.29 is 34.0 Å². The van der Waals surface area contributed by atoms with E-state index in [2.05, 4.69) is 5.09 Å². The normalized spacial score (nSPS) is 42.6. The topological polar surface area (TPSA) is 133 Å². The van der Waals surface area contributed by atoms with Gasteiger partial charge in [-0.25, -0.2) is 5.09 Å². The summed E-state index contributed by atoms with van der Waals surface area (Å²) in [5, 5.41) is 20.1. The molecule has 2 rings (SSSR count). The second-order valence-electron chi connectivity index (χ2n) is 4.43. The molecule has 0 spiro atoms. The average molecular weight is 265 g/mol. The quantitative estimate of drug-likeness (QED) is 0.473. The van der Waals surface area contributed by atoms with E-state index in [-0.39, 0.29) is 6.61 Å². The number of rotatable bonds is 4. The molecule has 1 aliphatic heterocycles. The van der Waals surface area contributed by atoms with Crippen LogP contribution in [0.3, 0.4) is 0 Å². The van der Waals surface area contributed by atoms with Gasteiger partial charge >= 0.3 is 11.9 Å². The van der Waals surface area contributed by atoms with E-state index >= 15 is 0 Å². The van der Waals surface area contributed by atoms with Crippen LogP contribution in [-0.4, -0.2) is 52.0 Å². The van der Waals surface area contributed by atoms with Crippen LogP contribution in [0.5, 0.6) is 0 Å². The highest BCUT2D eigenvalue weighted by molar-refractivity contribution is 7.55. The number of carboxylic acids is 2. The standard InChI is InChI=1S/C8H12NO7P/c1-17(14,15)9-8(7(12)13)2-16-5-3(4(5)8)6(10)11/h3-5H,2H2,1H3,(H,10,11)(H,12,13)(H2,9,14,15). The van der Waals surface area contributed by atoms with Crippen molar-refractivity contribution in [3.8, 4) is 0 Å². The molecule has 1 heterocycles. The zero-order valence-electron chi connectivity index (χ0n) is 8.86. The Morgan fingerprint density at radius 2 is 2.06 bits per heavy atom. The van der Waals surface area contributed by atoms with Crippen LogP contribution in [0.2, 0.25) is 0 Å². The van der Waals surface area contributed by atoms with Crippen molar-refractivity contribution >= 4 is 19.5 Å². The summed E-state index contributed by atoms with van der Waals surface area (Å²) >= 11 is 0. The Labute approximate surface area is 96.1 Å². The fraction of sp³-hybridized carbons (Fsp3) is 0.750. The Bertz CT molecular complexity index is 432. The Hall–Kier alpha value is -0.950. The fourth-order valence-corrected chi connectivity index (χ4v) is 3.47. The molecule has 0 bridgehead atoms. The Balaban J connectivity index is 2.29. The van der Waals surface area contributed by atoms with Crippen LogP contribution >= 0.6 is 7.52 Å². The van der Waals surface area contributed by atoms with Crippen LogP contribution in [0.1, 0.15) is 0 Å². The minimum Gasteiger partial charge on any atom is -0.481 e. The molecule has 0 aromatic rings. The third-order valence-electron chi connectivity index (χ3n) is 3.10. The highest BCUT2D eigenvalue weighted by atomic mass is 31.2. The second kappa shape index (κ2) is 3.52. The van der Waals surface area contributed by atoms with Crippen LogP contribution in [0, 0.1) is 11.8 Å². The van der Waals surface area contributed by atoms with Crippen molar-refractivity contribution in [2.24, 2.45) is 11.8 Å². The van der Waals surface area contributed by atoms with E-state index in [1.165, 1.54) is 0 Å². The summed E-state index contributed by atoms with van der Waals surface area (Å²) in [5.41, 5.74) is -1.78. The molecular formula is C8H12NO7P. The third kappa shape index (κ3) is 1.87. The zero-order valence-corrected chi connectivity index (χ0v) is 9.76. The van der Waals surface area contributed by atoms with Crippen molar-refractivity contribution in [1.29, 1.82) is 0 Å². The number of carbonyl (C=O) groups is 2. The SMILES string of the molecule is CP(=O)(O)NC1(C(=O)O)COC2C(C(=O)O)C21. The molecule has 5 atom stereocenters. The first-order valence-electron chi connectivity index (χ1n) is 4.86. The largest absolute Gasteiger partial charge is 0.481 e. The Morgan fingerprint density at radius 1 is 1.47 bits per heavy atom. The molecule has 17 heavy (non-hydrogen) atoms. The van der Waals surface area contributed by atoms with Gasteiger partial charge in [-0.05, 0) is 0 Å². The van der Waals surface area contributed by atoms with Crippen LogP contribution in [-0.2, 0) is 18.9 Å². The Kier molecular flexibility index (Phi) is 2.59. The predicted octanol–water partition coefficient (Wildman–Crippen LogP) is -1.06. The molecule has 2 aliphatic rings. The van der Waals surface area contributed by atoms with Crippen LogP contribution in [0.25, 0.3) is 0 Å². The van der Waals surface area contributed by atoms with Gasteiger partial charge in [0.1, 0.15) is 0 Å². The van der Waals surface area contributed by atoms with E-state index in [9.17, 15) is 19.0 Å². The highest BCUT2D eigenvalue weighted by Crippen LogP contribution is 2.56. The first kappa shape index (κ1) is 12.5. The lowest BCUT2D eigenvalue weighted by Gasteiger charge is -2.28. The monoisotopic (exact) mass is 265 g/mol. The first-order chi connectivity index (χ1) is 7.69. The molecule has 96 valence electrons. The second-order valence-corrected chi connectivity index (χ2v) is 6.41. The lowest BCUT2D eigenvalue weighted by atomic mass is 9.95. The molecule has 0 aromatic carbocycles. The molecule has 0 amide bonds. The number of ether oxygens (including phenoxy) is 1. The molecular weight excluding hydrogens is 253 g/mol. The maximum Gasteiger partial charge on any atom is 0.327 e. The molecule has 2 fully saturated rings. The lowest BCUT2D eigenvalue weighted by Crippen LogP contribution is -2.54. The molecule has 0 radical (unpaired) electrons. The van der Waals surface area contributed by atoms with Gasteiger partial charge in [0.05, 0.1) is 18.6 Å². The van der Waals surface area contributed by atoms with Crippen molar-refractivity contribution in [2.45, 2.75) is 11.6 Å². The van der Waals surface area contributed by atoms with Crippen LogP contribution in [0.15, 0.2) is 0 Å². The molecule has 5 unspecified atom stereocenters. The van der Waals surface area contributed by atoms with Gasteiger partial charge in [0.15, 0.2) is 5.54 Å². The molecule has 4 N–H and O–H groups in total. The van der Waals surface area contributed by atoms with Crippen molar-refractivity contribution in [1.82, 2.24) is 5.09 Å². The minimum absolute atomic E-state index is 0.306. The molecule has 1 aliphatic carbocycles. The van der Waals surface area contributed by atoms with Crippen LogP contribution in [0.4, 0.5) is 0 Å². The number of carboxylic acid groups (broad SMARTS) is 2. The predicted molar refractivity (Wildman–Crippen MR) is 53.6 cm³/mol. The van der Waals surface area contributed by atoms with Gasteiger partial charge in [-0.2, -0.15) is 0 Å². The minimum atomic E-state index is -3.81. The summed E-state index contributed by atoms with van der Waals surface area (Å²) in [4.78, 5) is 31.3. The van der Waals surface area contributed by atoms with E-state index in [1.54, 1.807) is 0 Å². The van der Waals surface area contributed by atoms with E-state index in [0.717, 1.165) is 6.66 Å². The summed E-state index contributed by atoms with van der Waals surface area (Å²) in [6.07, 6.45) is -0.692. The van der Waals surface area contributed by atoms with Gasteiger partial charge in [0, 0.05) is 12.6 Å². The van der Waals surface area contributed by atoms with Gasteiger partial charge in [0.25, 0.3) is 7.52 Å². The zero-order chi connectivity index (χ0) is 13.0. The highest BCUT2D eigenvalue weighted by Gasteiger charge is 2.74. The maximum atomic E-state index is 11.3. The number of hydrogen-bond acceptors (Lipinski definition) is 4. The van der Waals surface area contributed by atoms with Gasteiger partial charge in [-0.1, -0.05) is 0 Å². The van der Waals surface area contributed by atoms with Gasteiger partial charge < -0.3 is 19.8 Å². The summed E-state index contributed by atoms with van der Waals surface area (Å²) in [6.45, 7) is 0.656. The van der Waals surface area contributed by atoms with Crippen molar-refractivity contribution in [3.05, 3.63) is 0 Å². The number of aliphatic carboxylic acids is 2. The molecule has 0 aromatic heterocycles. The number of hydrogen-bond donors (Lipinski definition) is 4. The summed E-state index contributed by atoms with van der Waals surface area (Å²) in [5.74, 6) is -4.27. The molecule has 1 saturated heterocycles. The molecule has 8 nitrogen and oxygen atoms in total. The van der Waals surface area contributed by atoms with Crippen molar-refractivity contribution in [2.75, 3.05) is 13.3 Å². The van der Waals surface area contributed by atoms with Gasteiger partial charge in [0.2, 0.25) is 0 Å². The number of nitrogens with one attached hydrogen (secondary N) is 1. The Morgan fingerprint density at radius 3 is 2.41 bits per heavy atom. The van der Waals surface area contributed by atoms with E-state index < -0.39 is 42.9 Å². The average Bonchev–Trinajstić information content (AvgIpc) is 2.76. The number of fused-ring (bicyclic) bond motifs is 1. The summed E-state index contributed by atoms with van der Waals surface area (Å²) in [6, 6.07) is 0.